The molecule has 110 valence electrons. The fraction of sp³-hybridized carbons (Fsp3) is 0.0769. The monoisotopic (exact) mass is 315 g/mol. The minimum absolute atomic E-state index is 0.0257. The van der Waals surface area contributed by atoms with E-state index in [-0.39, 0.29) is 16.4 Å². The lowest BCUT2D eigenvalue weighted by Gasteiger charge is -2.10. The third kappa shape index (κ3) is 3.85. The Labute approximate surface area is 122 Å². The van der Waals surface area contributed by atoms with Crippen molar-refractivity contribution in [1.82, 2.24) is 4.98 Å². The first-order chi connectivity index (χ1) is 9.75. The molecule has 21 heavy (non-hydrogen) atoms. The summed E-state index contributed by atoms with van der Waals surface area (Å²) >= 11 is 5.62. The minimum Gasteiger partial charge on any atom is -0.397 e. The van der Waals surface area contributed by atoms with Gasteiger partial charge in [-0.1, -0.05) is 11.6 Å². The number of anilines is 2. The summed E-state index contributed by atoms with van der Waals surface area (Å²) < 4.78 is 38.0. The second-order valence-electron chi connectivity index (χ2n) is 4.16. The maximum absolute atomic E-state index is 12.7. The van der Waals surface area contributed by atoms with Crippen molar-refractivity contribution in [2.24, 2.45) is 0 Å². The van der Waals surface area contributed by atoms with Gasteiger partial charge in [-0.25, -0.2) is 4.98 Å². The van der Waals surface area contributed by atoms with Gasteiger partial charge >= 0.3 is 6.18 Å². The molecule has 1 amide bonds. The number of amides is 1. The lowest BCUT2D eigenvalue weighted by molar-refractivity contribution is -0.137. The number of hydrogen-bond acceptors (Lipinski definition) is 3. The molecule has 2 rings (SSSR count). The number of nitrogens with two attached hydrogens (primary N) is 1. The van der Waals surface area contributed by atoms with E-state index in [1.54, 1.807) is 0 Å². The predicted octanol–water partition coefficient (Wildman–Crippen LogP) is 3.59. The Balaban J connectivity index is 2.25. The summed E-state index contributed by atoms with van der Waals surface area (Å²) in [5.41, 5.74) is 4.81. The first kappa shape index (κ1) is 15.1. The van der Waals surface area contributed by atoms with Gasteiger partial charge in [0, 0.05) is 10.7 Å². The van der Waals surface area contributed by atoms with Crippen LogP contribution in [-0.4, -0.2) is 10.9 Å². The first-order valence-electron chi connectivity index (χ1n) is 5.66. The summed E-state index contributed by atoms with van der Waals surface area (Å²) in [6.07, 6.45) is -3.28. The van der Waals surface area contributed by atoms with E-state index in [0.717, 1.165) is 12.1 Å². The number of nitrogen functional groups attached to an aromatic ring is 1. The third-order valence-corrected chi connectivity index (χ3v) is 2.72. The van der Waals surface area contributed by atoms with Crippen molar-refractivity contribution in [2.45, 2.75) is 6.18 Å². The Morgan fingerprint density at radius 2 is 1.95 bits per heavy atom. The number of nitrogens with zero attached hydrogens (tertiary/aromatic N) is 1. The lowest BCUT2D eigenvalue weighted by atomic mass is 10.2. The van der Waals surface area contributed by atoms with Gasteiger partial charge in [0.2, 0.25) is 0 Å². The van der Waals surface area contributed by atoms with Gasteiger partial charge in [-0.3, -0.25) is 4.79 Å². The molecule has 3 N–H and O–H groups in total. The Kier molecular flexibility index (Phi) is 4.04. The lowest BCUT2D eigenvalue weighted by Crippen LogP contribution is -2.14. The quantitative estimate of drug-likeness (QED) is 0.890. The second-order valence-corrected chi connectivity index (χ2v) is 4.59. The number of halogens is 4. The number of benzene rings is 1. The van der Waals surface area contributed by atoms with Gasteiger partial charge in [-0.2, -0.15) is 13.2 Å². The summed E-state index contributed by atoms with van der Waals surface area (Å²) in [5, 5.41) is 2.17. The van der Waals surface area contributed by atoms with E-state index in [2.05, 4.69) is 10.3 Å². The zero-order valence-corrected chi connectivity index (χ0v) is 11.2. The van der Waals surface area contributed by atoms with Crippen LogP contribution in [0.3, 0.4) is 0 Å². The molecule has 0 bridgehead atoms. The van der Waals surface area contributed by atoms with Crippen LogP contribution in [0.25, 0.3) is 0 Å². The summed E-state index contributed by atoms with van der Waals surface area (Å²) in [7, 11) is 0. The van der Waals surface area contributed by atoms with E-state index < -0.39 is 17.6 Å². The number of pyridine rings is 1. The van der Waals surface area contributed by atoms with E-state index in [0.29, 0.717) is 5.69 Å². The highest BCUT2D eigenvalue weighted by Gasteiger charge is 2.31. The SMILES string of the molecule is Nc1ccc(C(=O)Nc2cc(Cl)cc(C(F)(F)F)c2)nc1. The van der Waals surface area contributed by atoms with Crippen molar-refractivity contribution >= 4 is 28.9 Å². The molecule has 0 fully saturated rings. The van der Waals surface area contributed by atoms with Crippen LogP contribution in [0.5, 0.6) is 0 Å². The molecule has 0 saturated carbocycles. The first-order valence-corrected chi connectivity index (χ1v) is 6.04. The summed E-state index contributed by atoms with van der Waals surface area (Å²) in [6, 6.07) is 5.60. The number of rotatable bonds is 2. The zero-order chi connectivity index (χ0) is 15.6. The molecule has 4 nitrogen and oxygen atoms in total. The molecule has 0 aliphatic heterocycles. The highest BCUT2D eigenvalue weighted by molar-refractivity contribution is 6.31. The average molecular weight is 316 g/mol. The van der Waals surface area contributed by atoms with Crippen LogP contribution in [0.4, 0.5) is 24.5 Å². The molecular formula is C13H9ClF3N3O. The summed E-state index contributed by atoms with van der Waals surface area (Å²) in [4.78, 5) is 15.6. The Bertz CT molecular complexity index is 671. The van der Waals surface area contributed by atoms with Crippen molar-refractivity contribution < 1.29 is 18.0 Å². The highest BCUT2D eigenvalue weighted by Crippen LogP contribution is 2.33. The smallest absolute Gasteiger partial charge is 0.397 e. The van der Waals surface area contributed by atoms with Crippen LogP contribution in [0.2, 0.25) is 5.02 Å². The van der Waals surface area contributed by atoms with E-state index in [1.807, 2.05) is 0 Å². The largest absolute Gasteiger partial charge is 0.416 e. The van der Waals surface area contributed by atoms with Gasteiger partial charge in [0.15, 0.2) is 0 Å². The Morgan fingerprint density at radius 3 is 2.52 bits per heavy atom. The van der Waals surface area contributed by atoms with Crippen LogP contribution in [0, 0.1) is 0 Å². The van der Waals surface area contributed by atoms with E-state index >= 15 is 0 Å². The van der Waals surface area contributed by atoms with E-state index in [1.165, 1.54) is 24.4 Å². The molecule has 0 saturated heterocycles. The van der Waals surface area contributed by atoms with Crippen molar-refractivity contribution in [3.8, 4) is 0 Å². The highest BCUT2D eigenvalue weighted by atomic mass is 35.5. The Hall–Kier alpha value is -2.28. The molecule has 0 spiro atoms. The molecule has 0 radical (unpaired) electrons. The van der Waals surface area contributed by atoms with Crippen molar-refractivity contribution in [3.05, 3.63) is 52.8 Å². The number of nitrogens with one attached hydrogen (secondary N) is 1. The van der Waals surface area contributed by atoms with Gasteiger partial charge < -0.3 is 11.1 Å². The van der Waals surface area contributed by atoms with Crippen LogP contribution in [0.15, 0.2) is 36.5 Å². The zero-order valence-electron chi connectivity index (χ0n) is 10.4. The molecule has 1 aromatic heterocycles. The van der Waals surface area contributed by atoms with Crippen LogP contribution in [0.1, 0.15) is 16.1 Å². The molecule has 8 heteroatoms. The topological polar surface area (TPSA) is 68.0 Å². The van der Waals surface area contributed by atoms with Gasteiger partial charge in [0.25, 0.3) is 5.91 Å². The van der Waals surface area contributed by atoms with E-state index in [9.17, 15) is 18.0 Å². The molecule has 2 aromatic rings. The molecule has 0 aliphatic carbocycles. The number of aromatic nitrogens is 1. The molecule has 0 atom stereocenters. The van der Waals surface area contributed by atoms with Gasteiger partial charge in [-0.05, 0) is 30.3 Å². The number of alkyl halides is 3. The number of carbonyl (C=O) groups excluding carboxylic acids is 1. The molecular weight excluding hydrogens is 307 g/mol. The third-order valence-electron chi connectivity index (χ3n) is 2.50. The minimum atomic E-state index is -4.55. The van der Waals surface area contributed by atoms with Gasteiger partial charge in [-0.15, -0.1) is 0 Å². The fourth-order valence-electron chi connectivity index (χ4n) is 1.56. The van der Waals surface area contributed by atoms with Gasteiger partial charge in [0.1, 0.15) is 5.69 Å². The normalized spacial score (nSPS) is 11.2. The van der Waals surface area contributed by atoms with Crippen molar-refractivity contribution in [3.63, 3.8) is 0 Å². The maximum atomic E-state index is 12.7. The Morgan fingerprint density at radius 1 is 1.24 bits per heavy atom. The maximum Gasteiger partial charge on any atom is 0.416 e. The van der Waals surface area contributed by atoms with Crippen LogP contribution in [-0.2, 0) is 6.18 Å². The van der Waals surface area contributed by atoms with Crippen molar-refractivity contribution in [2.75, 3.05) is 11.1 Å². The average Bonchev–Trinajstić information content (AvgIpc) is 2.37. The standard InChI is InChI=1S/C13H9ClF3N3O/c14-8-3-7(13(15,16)17)4-10(5-8)20-12(21)11-2-1-9(18)6-19-11/h1-6H,18H2,(H,20,21). The van der Waals surface area contributed by atoms with Crippen molar-refractivity contribution in [1.29, 1.82) is 0 Å². The number of carbonyl (C=O) groups is 1. The summed E-state index contributed by atoms with van der Waals surface area (Å²) in [6.45, 7) is 0. The number of hydrogen-bond donors (Lipinski definition) is 2. The van der Waals surface area contributed by atoms with Gasteiger partial charge in [0.05, 0.1) is 17.4 Å². The second kappa shape index (κ2) is 5.61. The molecule has 1 heterocycles. The van der Waals surface area contributed by atoms with Crippen LogP contribution < -0.4 is 11.1 Å². The predicted molar refractivity (Wildman–Crippen MR) is 73.1 cm³/mol. The molecule has 0 unspecified atom stereocenters. The molecule has 0 aliphatic rings. The fourth-order valence-corrected chi connectivity index (χ4v) is 1.80. The van der Waals surface area contributed by atoms with Crippen LogP contribution >= 0.6 is 11.6 Å². The molecule has 1 aromatic carbocycles. The summed E-state index contributed by atoms with van der Waals surface area (Å²) in [5.74, 6) is -0.662. The van der Waals surface area contributed by atoms with E-state index in [4.69, 9.17) is 17.3 Å².